The second-order valence-electron chi connectivity index (χ2n) is 6.07. The zero-order valence-electron chi connectivity index (χ0n) is 13.4. The lowest BCUT2D eigenvalue weighted by molar-refractivity contribution is 0.0617. The Balaban J connectivity index is 0.00000104. The normalized spacial score (nSPS) is 25.0. The molecule has 0 unspecified atom stereocenters. The van der Waals surface area contributed by atoms with Crippen LogP contribution in [0.4, 0.5) is 0 Å². The SMILES string of the molecule is CSc1nc(C(=O)N[C@H]2CN3CCC2CC3)cc2ccoc12.Cl.Cl. The van der Waals surface area contributed by atoms with Crippen molar-refractivity contribution < 1.29 is 9.21 Å². The van der Waals surface area contributed by atoms with Crippen LogP contribution in [0.15, 0.2) is 27.8 Å². The van der Waals surface area contributed by atoms with E-state index in [1.54, 1.807) is 6.26 Å². The standard InChI is InChI=1S/C16H19N3O2S.2ClH/c1-22-16-14-11(4-7-21-14)8-12(18-16)15(20)17-13-9-19-5-2-10(13)3-6-19;;/h4,7-8,10,13H,2-3,5-6,9H2,1H3,(H,17,20);2*1H/t13-;;/m0../s1. The van der Waals surface area contributed by atoms with E-state index in [1.165, 1.54) is 37.7 Å². The predicted molar refractivity (Wildman–Crippen MR) is 101 cm³/mol. The van der Waals surface area contributed by atoms with Crippen molar-refractivity contribution in [2.75, 3.05) is 25.9 Å². The average molecular weight is 390 g/mol. The van der Waals surface area contributed by atoms with Crippen LogP contribution in [0.1, 0.15) is 23.3 Å². The van der Waals surface area contributed by atoms with E-state index in [1.807, 2.05) is 18.4 Å². The molecule has 0 aromatic carbocycles. The van der Waals surface area contributed by atoms with Crippen molar-refractivity contribution in [3.05, 3.63) is 24.1 Å². The molecule has 3 fully saturated rings. The number of thioether (sulfide) groups is 1. The van der Waals surface area contributed by atoms with Crippen LogP contribution in [0.5, 0.6) is 0 Å². The molecule has 0 aliphatic carbocycles. The molecule has 3 aliphatic rings. The summed E-state index contributed by atoms with van der Waals surface area (Å²) in [7, 11) is 0. The number of fused-ring (bicyclic) bond motifs is 4. The summed E-state index contributed by atoms with van der Waals surface area (Å²) in [5.74, 6) is 0.545. The van der Waals surface area contributed by atoms with Gasteiger partial charge in [0.05, 0.1) is 6.26 Å². The Morgan fingerprint density at radius 3 is 2.75 bits per heavy atom. The summed E-state index contributed by atoms with van der Waals surface area (Å²) in [6, 6.07) is 3.95. The molecule has 3 saturated heterocycles. The van der Waals surface area contributed by atoms with E-state index in [0.29, 0.717) is 11.6 Å². The smallest absolute Gasteiger partial charge is 0.270 e. The van der Waals surface area contributed by atoms with E-state index in [2.05, 4.69) is 15.2 Å². The molecule has 0 spiro atoms. The molecular weight excluding hydrogens is 369 g/mol. The van der Waals surface area contributed by atoms with Crippen LogP contribution in [0.2, 0.25) is 0 Å². The predicted octanol–water partition coefficient (Wildman–Crippen LogP) is 3.22. The molecule has 5 heterocycles. The minimum absolute atomic E-state index is 0. The molecule has 24 heavy (non-hydrogen) atoms. The van der Waals surface area contributed by atoms with Gasteiger partial charge in [-0.25, -0.2) is 4.98 Å². The first kappa shape index (κ1) is 19.4. The second kappa shape index (κ2) is 7.95. The summed E-state index contributed by atoms with van der Waals surface area (Å²) in [4.78, 5) is 19.5. The molecule has 3 aliphatic heterocycles. The van der Waals surface area contributed by atoms with Crippen molar-refractivity contribution in [3.8, 4) is 0 Å². The third kappa shape index (κ3) is 3.52. The number of piperidine rings is 3. The van der Waals surface area contributed by atoms with Crippen LogP contribution in [-0.4, -0.2) is 47.7 Å². The summed E-state index contributed by atoms with van der Waals surface area (Å²) < 4.78 is 5.44. The van der Waals surface area contributed by atoms with Gasteiger partial charge in [0.25, 0.3) is 5.91 Å². The molecule has 8 heteroatoms. The number of nitrogens with zero attached hydrogens (tertiary/aromatic N) is 2. The van der Waals surface area contributed by atoms with Gasteiger partial charge in [-0.1, -0.05) is 0 Å². The van der Waals surface area contributed by atoms with Crippen LogP contribution in [0, 0.1) is 5.92 Å². The lowest BCUT2D eigenvalue weighted by Crippen LogP contribution is -2.57. The van der Waals surface area contributed by atoms with Gasteiger partial charge in [0.2, 0.25) is 0 Å². The van der Waals surface area contributed by atoms with Gasteiger partial charge in [0, 0.05) is 18.0 Å². The highest BCUT2D eigenvalue weighted by Gasteiger charge is 2.35. The Hall–Kier alpha value is -0.950. The molecule has 2 aromatic rings. The van der Waals surface area contributed by atoms with E-state index in [4.69, 9.17) is 4.42 Å². The second-order valence-corrected chi connectivity index (χ2v) is 6.87. The average Bonchev–Trinajstić information content (AvgIpc) is 3.03. The molecular formula is C16H21Cl2N3O2S. The number of aromatic nitrogens is 1. The van der Waals surface area contributed by atoms with Crippen molar-refractivity contribution in [2.45, 2.75) is 23.9 Å². The monoisotopic (exact) mass is 389 g/mol. The third-order valence-corrected chi connectivity index (χ3v) is 5.47. The number of amides is 1. The van der Waals surface area contributed by atoms with Crippen LogP contribution in [-0.2, 0) is 0 Å². The first-order valence-electron chi connectivity index (χ1n) is 7.70. The van der Waals surface area contributed by atoms with Crippen LogP contribution >= 0.6 is 36.6 Å². The number of halogens is 2. The van der Waals surface area contributed by atoms with E-state index in [-0.39, 0.29) is 36.8 Å². The quantitative estimate of drug-likeness (QED) is 0.816. The van der Waals surface area contributed by atoms with Crippen LogP contribution in [0.25, 0.3) is 11.0 Å². The van der Waals surface area contributed by atoms with Gasteiger partial charge in [-0.05, 0) is 50.2 Å². The Morgan fingerprint density at radius 2 is 2.12 bits per heavy atom. The number of carbonyl (C=O) groups is 1. The maximum Gasteiger partial charge on any atom is 0.270 e. The summed E-state index contributed by atoms with van der Waals surface area (Å²) >= 11 is 1.50. The van der Waals surface area contributed by atoms with Gasteiger partial charge in [-0.2, -0.15) is 0 Å². The first-order valence-corrected chi connectivity index (χ1v) is 8.92. The van der Waals surface area contributed by atoms with E-state index in [9.17, 15) is 4.79 Å². The zero-order valence-corrected chi connectivity index (χ0v) is 15.8. The molecule has 0 radical (unpaired) electrons. The van der Waals surface area contributed by atoms with Crippen LogP contribution < -0.4 is 5.32 Å². The maximum atomic E-state index is 12.6. The van der Waals surface area contributed by atoms with Crippen molar-refractivity contribution in [2.24, 2.45) is 5.92 Å². The van der Waals surface area contributed by atoms with Gasteiger partial charge in [-0.3, -0.25) is 4.79 Å². The van der Waals surface area contributed by atoms with Crippen molar-refractivity contribution in [1.82, 2.24) is 15.2 Å². The molecule has 2 aromatic heterocycles. The highest BCUT2D eigenvalue weighted by Crippen LogP contribution is 2.29. The summed E-state index contributed by atoms with van der Waals surface area (Å²) in [5, 5.41) is 4.89. The number of nitrogens with one attached hydrogen (secondary N) is 1. The molecule has 1 N–H and O–H groups in total. The molecule has 1 atom stereocenters. The topological polar surface area (TPSA) is 58.4 Å². The molecule has 5 nitrogen and oxygen atoms in total. The van der Waals surface area contributed by atoms with Gasteiger partial charge in [0.15, 0.2) is 5.58 Å². The fourth-order valence-electron chi connectivity index (χ4n) is 3.57. The summed E-state index contributed by atoms with van der Waals surface area (Å²) in [6.45, 7) is 3.32. The fraction of sp³-hybridized carbons (Fsp3) is 0.500. The van der Waals surface area contributed by atoms with Gasteiger partial charge in [-0.15, -0.1) is 36.6 Å². The minimum atomic E-state index is -0.0721. The minimum Gasteiger partial charge on any atom is -0.461 e. The fourth-order valence-corrected chi connectivity index (χ4v) is 4.11. The van der Waals surface area contributed by atoms with Crippen molar-refractivity contribution in [1.29, 1.82) is 0 Å². The Morgan fingerprint density at radius 1 is 1.38 bits per heavy atom. The molecule has 132 valence electrons. The number of carbonyl (C=O) groups excluding carboxylic acids is 1. The number of furan rings is 1. The Labute approximate surface area is 157 Å². The number of pyridine rings is 1. The van der Waals surface area contributed by atoms with E-state index >= 15 is 0 Å². The zero-order chi connectivity index (χ0) is 15.1. The molecule has 1 amide bonds. The number of hydrogen-bond donors (Lipinski definition) is 1. The molecule has 0 saturated carbocycles. The van der Waals surface area contributed by atoms with Crippen LogP contribution in [0.3, 0.4) is 0 Å². The molecule has 5 rings (SSSR count). The number of hydrogen-bond acceptors (Lipinski definition) is 5. The highest BCUT2D eigenvalue weighted by atomic mass is 35.5. The van der Waals surface area contributed by atoms with Crippen molar-refractivity contribution in [3.63, 3.8) is 0 Å². The number of rotatable bonds is 3. The molecule has 2 bridgehead atoms. The lowest BCUT2D eigenvalue weighted by atomic mass is 9.84. The van der Waals surface area contributed by atoms with Gasteiger partial charge >= 0.3 is 0 Å². The van der Waals surface area contributed by atoms with Gasteiger partial charge in [0.1, 0.15) is 10.7 Å². The summed E-state index contributed by atoms with van der Waals surface area (Å²) in [5.41, 5.74) is 1.24. The first-order chi connectivity index (χ1) is 10.7. The Kier molecular flexibility index (Phi) is 6.42. The Bertz CT molecular complexity index is 716. The van der Waals surface area contributed by atoms with Gasteiger partial charge < -0.3 is 14.6 Å². The maximum absolute atomic E-state index is 12.6. The van der Waals surface area contributed by atoms with E-state index in [0.717, 1.165) is 22.5 Å². The van der Waals surface area contributed by atoms with E-state index < -0.39 is 0 Å². The highest BCUT2D eigenvalue weighted by molar-refractivity contribution is 7.98. The lowest BCUT2D eigenvalue weighted by Gasteiger charge is -2.44. The summed E-state index contributed by atoms with van der Waals surface area (Å²) in [6.07, 6.45) is 5.96. The largest absolute Gasteiger partial charge is 0.461 e. The van der Waals surface area contributed by atoms with Crippen molar-refractivity contribution >= 4 is 53.5 Å². The third-order valence-electron chi connectivity index (χ3n) is 4.80.